The summed E-state index contributed by atoms with van der Waals surface area (Å²) in [5, 5.41) is 12.0. The molecule has 0 spiro atoms. The number of ether oxygens (including phenoxy) is 2. The molecular weight excluding hydrogens is 492 g/mol. The third-order valence-corrected chi connectivity index (χ3v) is 13.2. The van der Waals surface area contributed by atoms with E-state index in [0.29, 0.717) is 18.3 Å². The minimum Gasteiger partial charge on any atom is -0.469 e. The Balaban J connectivity index is 1.64. The van der Waals surface area contributed by atoms with Gasteiger partial charge in [0.05, 0.1) is 18.6 Å². The third-order valence-electron chi connectivity index (χ3n) is 13.2. The Morgan fingerprint density at radius 2 is 1.82 bits per heavy atom. The van der Waals surface area contributed by atoms with Crippen LogP contribution < -0.4 is 0 Å². The summed E-state index contributed by atoms with van der Waals surface area (Å²) < 4.78 is 11.0. The predicted molar refractivity (Wildman–Crippen MR) is 148 cm³/mol. The van der Waals surface area contributed by atoms with Gasteiger partial charge in [-0.25, -0.2) is 0 Å². The molecule has 1 N–H and O–H groups in total. The Labute approximate surface area is 234 Å². The SMILES string of the molecule is COC(=O)[C@]12CC[C@@H](C)[C@H](C)[C@@H]1C1=CC[C@@H]3[C@@]4(C)C(C=O)=C[C@@](C)(COC(C)=O)[C@@H]4[C@H](O)C[C@@]3(C)[C@]1(C)CC2. The topological polar surface area (TPSA) is 89.9 Å². The molecule has 0 unspecified atom stereocenters. The van der Waals surface area contributed by atoms with Crippen LogP contribution in [0.2, 0.25) is 0 Å². The number of rotatable bonds is 4. The van der Waals surface area contributed by atoms with Crippen molar-refractivity contribution in [3.63, 3.8) is 0 Å². The van der Waals surface area contributed by atoms with E-state index in [9.17, 15) is 19.5 Å². The summed E-state index contributed by atoms with van der Waals surface area (Å²) >= 11 is 0. The van der Waals surface area contributed by atoms with Crippen molar-refractivity contribution in [1.82, 2.24) is 0 Å². The van der Waals surface area contributed by atoms with Gasteiger partial charge in [0, 0.05) is 23.7 Å². The second kappa shape index (κ2) is 9.03. The van der Waals surface area contributed by atoms with E-state index >= 15 is 0 Å². The first-order chi connectivity index (χ1) is 18.2. The van der Waals surface area contributed by atoms with Crippen molar-refractivity contribution < 1.29 is 29.0 Å². The number of fused-ring (bicyclic) bond motifs is 7. The zero-order valence-electron chi connectivity index (χ0n) is 25.1. The Bertz CT molecular complexity index is 1140. The first-order valence-electron chi connectivity index (χ1n) is 14.9. The molecule has 0 amide bonds. The molecule has 6 heteroatoms. The van der Waals surface area contributed by atoms with Crippen LogP contribution in [0.3, 0.4) is 0 Å². The van der Waals surface area contributed by atoms with Crippen LogP contribution in [0.4, 0.5) is 0 Å². The number of hydrogen-bond donors (Lipinski definition) is 1. The van der Waals surface area contributed by atoms with Crippen LogP contribution >= 0.6 is 0 Å². The lowest BCUT2D eigenvalue weighted by Gasteiger charge is -2.69. The van der Waals surface area contributed by atoms with E-state index in [0.717, 1.165) is 44.0 Å². The van der Waals surface area contributed by atoms with Crippen molar-refractivity contribution in [3.05, 3.63) is 23.3 Å². The lowest BCUT2D eigenvalue weighted by atomic mass is 9.34. The molecule has 5 aliphatic rings. The molecule has 5 aliphatic carbocycles. The molecule has 39 heavy (non-hydrogen) atoms. The fourth-order valence-corrected chi connectivity index (χ4v) is 11.0. The minimum absolute atomic E-state index is 0.0691. The molecule has 0 aromatic heterocycles. The van der Waals surface area contributed by atoms with E-state index in [4.69, 9.17) is 9.47 Å². The van der Waals surface area contributed by atoms with E-state index in [1.165, 1.54) is 19.6 Å². The summed E-state index contributed by atoms with van der Waals surface area (Å²) in [5.41, 5.74) is -0.0711. The largest absolute Gasteiger partial charge is 0.469 e. The highest BCUT2D eigenvalue weighted by Gasteiger charge is 2.72. The molecule has 0 bridgehead atoms. The summed E-state index contributed by atoms with van der Waals surface area (Å²) in [5.74, 6) is 0.460. The predicted octanol–water partition coefficient (Wildman–Crippen LogP) is 5.68. The summed E-state index contributed by atoms with van der Waals surface area (Å²) in [4.78, 5) is 37.8. The van der Waals surface area contributed by atoms with Crippen LogP contribution in [-0.4, -0.2) is 43.2 Å². The highest BCUT2D eigenvalue weighted by Crippen LogP contribution is 2.76. The van der Waals surface area contributed by atoms with Crippen molar-refractivity contribution in [2.75, 3.05) is 13.7 Å². The van der Waals surface area contributed by atoms with Gasteiger partial charge in [-0.1, -0.05) is 59.3 Å². The van der Waals surface area contributed by atoms with Crippen molar-refractivity contribution >= 4 is 18.2 Å². The summed E-state index contributed by atoms with van der Waals surface area (Å²) in [6.45, 7) is 15.1. The van der Waals surface area contributed by atoms with E-state index in [1.54, 1.807) is 0 Å². The monoisotopic (exact) mass is 540 g/mol. The molecule has 0 aromatic carbocycles. The fraction of sp³-hybridized carbons (Fsp3) is 0.788. The molecule has 3 fully saturated rings. The number of aldehydes is 1. The summed E-state index contributed by atoms with van der Waals surface area (Å²) in [7, 11) is 1.52. The molecule has 11 atom stereocenters. The number of carbonyl (C=O) groups excluding carboxylic acids is 3. The normalized spacial score (nSPS) is 50.3. The van der Waals surface area contributed by atoms with E-state index < -0.39 is 22.3 Å². The van der Waals surface area contributed by atoms with Crippen molar-refractivity contribution in [1.29, 1.82) is 0 Å². The first kappa shape index (κ1) is 28.6. The van der Waals surface area contributed by atoms with Crippen LogP contribution in [0.25, 0.3) is 0 Å². The Hall–Kier alpha value is -1.95. The number of esters is 2. The van der Waals surface area contributed by atoms with E-state index in [2.05, 4.69) is 40.7 Å². The summed E-state index contributed by atoms with van der Waals surface area (Å²) in [6.07, 6.45) is 9.67. The van der Waals surface area contributed by atoms with Crippen LogP contribution in [0.15, 0.2) is 23.3 Å². The highest BCUT2D eigenvalue weighted by molar-refractivity contribution is 5.79. The molecule has 0 aliphatic heterocycles. The van der Waals surface area contributed by atoms with Gasteiger partial charge in [-0.05, 0) is 78.6 Å². The van der Waals surface area contributed by atoms with Crippen LogP contribution in [0, 0.1) is 56.7 Å². The van der Waals surface area contributed by atoms with E-state index in [-0.39, 0.29) is 47.1 Å². The maximum atomic E-state index is 13.5. The first-order valence-corrected chi connectivity index (χ1v) is 14.9. The zero-order valence-corrected chi connectivity index (χ0v) is 25.1. The number of aliphatic hydroxyl groups excluding tert-OH is 1. The molecule has 0 radical (unpaired) electrons. The zero-order chi connectivity index (χ0) is 28.8. The molecular formula is C33H48O6. The second-order valence-corrected chi connectivity index (χ2v) is 14.7. The van der Waals surface area contributed by atoms with Gasteiger partial charge < -0.3 is 14.6 Å². The molecule has 0 aromatic rings. The van der Waals surface area contributed by atoms with Crippen molar-refractivity contribution in [3.8, 4) is 0 Å². The van der Waals surface area contributed by atoms with Gasteiger partial charge in [0.25, 0.3) is 0 Å². The van der Waals surface area contributed by atoms with Crippen molar-refractivity contribution in [2.24, 2.45) is 56.7 Å². The highest BCUT2D eigenvalue weighted by atomic mass is 16.5. The molecule has 6 nitrogen and oxygen atoms in total. The third kappa shape index (κ3) is 3.51. The number of aliphatic hydroxyl groups is 1. The maximum absolute atomic E-state index is 13.5. The number of allylic oxidation sites excluding steroid dienone is 3. The van der Waals surface area contributed by atoms with Gasteiger partial charge in [-0.15, -0.1) is 0 Å². The number of hydrogen-bond acceptors (Lipinski definition) is 6. The van der Waals surface area contributed by atoms with Gasteiger partial charge >= 0.3 is 11.9 Å². The lowest BCUT2D eigenvalue weighted by Crippen LogP contribution is -2.66. The fourth-order valence-electron chi connectivity index (χ4n) is 11.0. The van der Waals surface area contributed by atoms with Crippen LogP contribution in [-0.2, 0) is 23.9 Å². The molecule has 216 valence electrons. The average Bonchev–Trinajstić information content (AvgIpc) is 3.12. The Kier molecular flexibility index (Phi) is 6.61. The van der Waals surface area contributed by atoms with Gasteiger partial charge in [0.15, 0.2) is 0 Å². The Morgan fingerprint density at radius 1 is 1.13 bits per heavy atom. The quantitative estimate of drug-likeness (QED) is 0.281. The smallest absolute Gasteiger partial charge is 0.312 e. The molecule has 0 heterocycles. The molecule has 0 saturated heterocycles. The molecule has 3 saturated carbocycles. The van der Waals surface area contributed by atoms with Gasteiger partial charge in [-0.3, -0.25) is 14.4 Å². The van der Waals surface area contributed by atoms with Gasteiger partial charge in [-0.2, -0.15) is 0 Å². The second-order valence-electron chi connectivity index (χ2n) is 14.7. The minimum atomic E-state index is -0.656. The van der Waals surface area contributed by atoms with Gasteiger partial charge in [0.1, 0.15) is 12.9 Å². The summed E-state index contributed by atoms with van der Waals surface area (Å²) in [6, 6.07) is 0. The average molecular weight is 541 g/mol. The van der Waals surface area contributed by atoms with E-state index in [1.807, 2.05) is 13.0 Å². The van der Waals surface area contributed by atoms with Crippen LogP contribution in [0.5, 0.6) is 0 Å². The number of carbonyl (C=O) groups is 3. The van der Waals surface area contributed by atoms with Crippen LogP contribution in [0.1, 0.15) is 87.0 Å². The maximum Gasteiger partial charge on any atom is 0.312 e. The van der Waals surface area contributed by atoms with Gasteiger partial charge in [0.2, 0.25) is 0 Å². The lowest BCUT2D eigenvalue weighted by molar-refractivity contribution is -0.197. The van der Waals surface area contributed by atoms with Crippen molar-refractivity contribution in [2.45, 2.75) is 93.1 Å². The molecule has 5 rings (SSSR count). The standard InChI is InChI=1S/C33H48O6/c1-19-11-12-33(28(37)38-8)14-13-30(5)23(26(33)20(19)2)9-10-25-31(30,6)16-24(36)27-29(4,18-39-21(3)35)15-22(17-34)32(25,27)7/h9,15,17,19-20,24-27,36H,10-14,16,18H2,1-8H3/t19-,20+,24-,25+,26-,27+,29+,30-,31-,32-,33+/m1/s1. The number of methoxy groups -OCH3 is 1. The Morgan fingerprint density at radius 3 is 2.44 bits per heavy atom.